The van der Waals surface area contributed by atoms with E-state index in [4.69, 9.17) is 28.4 Å². The number of carbonyl (C=O) groups is 5. The van der Waals surface area contributed by atoms with Crippen LogP contribution in [0.5, 0.6) is 0 Å². The van der Waals surface area contributed by atoms with Crippen molar-refractivity contribution in [2.24, 2.45) is 22.7 Å². The Kier molecular flexibility index (Phi) is 10.7. The van der Waals surface area contributed by atoms with Gasteiger partial charge in [-0.25, -0.2) is 14.4 Å². The number of hydrogen-bond donors (Lipinski definition) is 5. The summed E-state index contributed by atoms with van der Waals surface area (Å²) in [6, 6.07) is 14.8. The summed E-state index contributed by atoms with van der Waals surface area (Å²) in [7, 11) is 0. The number of carbonyl (C=O) groups excluding carboxylic acids is 5. The SMILES string of the molecule is CC(=O)O[C@@]12CO[C@@H]1C[C@H](O)[C@]1(C)C2C(OC(=O)c2ccccc2)[C@]23OC(=O)O[C@H]2[C@H](OC(=O)[C@H](O)[C@@H](NC(=O)c2ccccc2)C(C)C)C(C)=C([C@@H](O)[C@H]1O)C3(C)C. The first-order valence-electron chi connectivity index (χ1n) is 19.7. The molecule has 13 atom stereocenters. The standard InChI is InChI=1S/C43H51NO15/c1-20(2)28(44-36(50)23-14-10-8-11-15-23)30(48)38(52)55-31-21(3)27-29(47)33(49)41(7)25(46)18-26-42(19-54-26,58-22(4)45)32(41)35(56-37(51)24-16-12-9-13-17-24)43(40(27,5)6)34(31)57-39(53)59-43/h8-17,20,25-26,28-35,46-49H,18-19H2,1-7H3,(H,44,50)/t25-,26+,28-,29+,30+,31+,32?,33+,34-,35?,41+,42-,43+/m0/s1. The van der Waals surface area contributed by atoms with E-state index in [1.165, 1.54) is 26.0 Å². The van der Waals surface area contributed by atoms with Gasteiger partial charge in [-0.2, -0.15) is 0 Å². The van der Waals surface area contributed by atoms with E-state index in [-0.39, 0.29) is 35.3 Å². The number of hydrogen-bond acceptors (Lipinski definition) is 15. The average Bonchev–Trinajstić information content (AvgIpc) is 3.56. The van der Waals surface area contributed by atoms with E-state index in [9.17, 15) is 44.4 Å². The lowest BCUT2D eigenvalue weighted by molar-refractivity contribution is -0.364. The lowest BCUT2D eigenvalue weighted by Crippen LogP contribution is -2.83. The highest BCUT2D eigenvalue weighted by molar-refractivity contribution is 5.95. The van der Waals surface area contributed by atoms with Crippen LogP contribution in [0.25, 0.3) is 0 Å². The van der Waals surface area contributed by atoms with Crippen LogP contribution in [-0.2, 0) is 38.0 Å². The number of rotatable bonds is 9. The van der Waals surface area contributed by atoms with E-state index >= 15 is 0 Å². The van der Waals surface area contributed by atoms with E-state index < -0.39 is 119 Å². The second kappa shape index (κ2) is 15.0. The third-order valence-electron chi connectivity index (χ3n) is 13.5. The number of aliphatic hydroxyl groups excluding tert-OH is 4. The highest BCUT2D eigenvalue weighted by atomic mass is 16.8. The number of nitrogens with one attached hydrogen (secondary N) is 1. The van der Waals surface area contributed by atoms with Crippen LogP contribution >= 0.6 is 0 Å². The van der Waals surface area contributed by atoms with E-state index in [2.05, 4.69) is 5.32 Å². The monoisotopic (exact) mass is 821 g/mol. The predicted molar refractivity (Wildman–Crippen MR) is 203 cm³/mol. The van der Waals surface area contributed by atoms with Gasteiger partial charge >= 0.3 is 24.1 Å². The van der Waals surface area contributed by atoms with Crippen LogP contribution in [0.4, 0.5) is 4.79 Å². The fourth-order valence-electron chi connectivity index (χ4n) is 10.5. The third-order valence-corrected chi connectivity index (χ3v) is 13.5. The van der Waals surface area contributed by atoms with Gasteiger partial charge in [-0.05, 0) is 48.3 Å². The summed E-state index contributed by atoms with van der Waals surface area (Å²) in [5.74, 6) is -5.51. The molecule has 5 N–H and O–H groups in total. The van der Waals surface area contributed by atoms with Crippen molar-refractivity contribution in [2.45, 2.75) is 121 Å². The molecule has 2 unspecified atom stereocenters. The molecule has 16 heteroatoms. The van der Waals surface area contributed by atoms with Crippen molar-refractivity contribution in [2.75, 3.05) is 6.61 Å². The smallest absolute Gasteiger partial charge is 0.454 e. The number of fused-ring (bicyclic) bond motifs is 4. The maximum Gasteiger partial charge on any atom is 0.509 e. The molecular weight excluding hydrogens is 770 g/mol. The van der Waals surface area contributed by atoms with Gasteiger partial charge in [0.25, 0.3) is 5.91 Å². The summed E-state index contributed by atoms with van der Waals surface area (Å²) >= 11 is 0. The summed E-state index contributed by atoms with van der Waals surface area (Å²) in [4.78, 5) is 68.5. The minimum Gasteiger partial charge on any atom is -0.454 e. The fraction of sp³-hybridized carbons (Fsp3) is 0.558. The first kappa shape index (κ1) is 42.3. The maximum atomic E-state index is 14.3. The number of amides is 1. The predicted octanol–water partition coefficient (Wildman–Crippen LogP) is 2.39. The second-order valence-corrected chi connectivity index (χ2v) is 17.3. The Morgan fingerprint density at radius 1 is 0.915 bits per heavy atom. The maximum absolute atomic E-state index is 14.3. The quantitative estimate of drug-likeness (QED) is 0.139. The van der Waals surface area contributed by atoms with Gasteiger partial charge in [0.1, 0.15) is 12.2 Å². The molecule has 2 saturated carbocycles. The molecule has 7 rings (SSSR count). The molecule has 2 saturated heterocycles. The number of ether oxygens (including phenoxy) is 6. The number of benzene rings is 2. The lowest BCUT2D eigenvalue weighted by Gasteiger charge is -2.68. The van der Waals surface area contributed by atoms with Crippen molar-refractivity contribution in [3.8, 4) is 0 Å². The Balaban J connectivity index is 1.41. The van der Waals surface area contributed by atoms with Crippen LogP contribution in [0.1, 0.15) is 75.6 Å². The zero-order chi connectivity index (χ0) is 43.0. The molecule has 59 heavy (non-hydrogen) atoms. The molecule has 0 radical (unpaired) electrons. The van der Waals surface area contributed by atoms with E-state index in [1.807, 2.05) is 0 Å². The Labute approximate surface area is 340 Å². The van der Waals surface area contributed by atoms with Gasteiger partial charge in [-0.3, -0.25) is 9.59 Å². The minimum absolute atomic E-state index is 0.00536. The van der Waals surface area contributed by atoms with Crippen LogP contribution in [-0.4, -0.2) is 123 Å². The van der Waals surface area contributed by atoms with Crippen LogP contribution in [0.2, 0.25) is 0 Å². The van der Waals surface area contributed by atoms with Gasteiger partial charge < -0.3 is 54.2 Å². The van der Waals surface area contributed by atoms with Crippen LogP contribution in [0.3, 0.4) is 0 Å². The summed E-state index contributed by atoms with van der Waals surface area (Å²) in [6.45, 7) is 10.3. The van der Waals surface area contributed by atoms with Crippen molar-refractivity contribution in [1.82, 2.24) is 5.32 Å². The van der Waals surface area contributed by atoms with Gasteiger partial charge in [-0.15, -0.1) is 0 Å². The summed E-state index contributed by atoms with van der Waals surface area (Å²) < 4.78 is 36.7. The molecule has 1 spiro atoms. The fourth-order valence-corrected chi connectivity index (χ4v) is 10.5. The molecule has 1 amide bonds. The molecule has 0 aromatic heterocycles. The van der Waals surface area contributed by atoms with E-state index in [0.29, 0.717) is 0 Å². The normalized spacial score (nSPS) is 36.4. The highest BCUT2D eigenvalue weighted by Gasteiger charge is 2.82. The van der Waals surface area contributed by atoms with Gasteiger partial charge in [0.2, 0.25) is 5.60 Å². The molecule has 2 aromatic rings. The van der Waals surface area contributed by atoms with Crippen molar-refractivity contribution in [1.29, 1.82) is 0 Å². The molecule has 5 aliphatic rings. The van der Waals surface area contributed by atoms with Crippen molar-refractivity contribution in [3.05, 3.63) is 82.9 Å². The Morgan fingerprint density at radius 2 is 1.53 bits per heavy atom. The first-order chi connectivity index (χ1) is 27.7. The third kappa shape index (κ3) is 6.33. The zero-order valence-electron chi connectivity index (χ0n) is 33.8. The van der Waals surface area contributed by atoms with Gasteiger partial charge in [0, 0.05) is 29.7 Å². The zero-order valence-corrected chi connectivity index (χ0v) is 33.8. The Morgan fingerprint density at radius 3 is 2.08 bits per heavy atom. The molecule has 3 aliphatic carbocycles. The molecule has 2 bridgehead atoms. The molecule has 2 aromatic carbocycles. The van der Waals surface area contributed by atoms with Crippen LogP contribution in [0, 0.1) is 22.7 Å². The molecule has 16 nitrogen and oxygen atoms in total. The van der Waals surface area contributed by atoms with Crippen molar-refractivity contribution in [3.63, 3.8) is 0 Å². The Hall–Kier alpha value is -4.87. The van der Waals surface area contributed by atoms with Crippen molar-refractivity contribution >= 4 is 30.0 Å². The first-order valence-corrected chi connectivity index (χ1v) is 19.7. The Bertz CT molecular complexity index is 2040. The summed E-state index contributed by atoms with van der Waals surface area (Å²) in [5.41, 5.74) is -7.07. The van der Waals surface area contributed by atoms with Gasteiger partial charge in [0.15, 0.2) is 30.0 Å². The van der Waals surface area contributed by atoms with Crippen molar-refractivity contribution < 1.29 is 72.8 Å². The largest absolute Gasteiger partial charge is 0.509 e. The van der Waals surface area contributed by atoms with Gasteiger partial charge in [-0.1, -0.05) is 71.0 Å². The average molecular weight is 822 g/mol. The topological polar surface area (TPSA) is 234 Å². The van der Waals surface area contributed by atoms with E-state index in [1.54, 1.807) is 76.2 Å². The van der Waals surface area contributed by atoms with Crippen LogP contribution in [0.15, 0.2) is 71.8 Å². The second-order valence-electron chi connectivity index (χ2n) is 17.3. The minimum atomic E-state index is -2.27. The van der Waals surface area contributed by atoms with Crippen LogP contribution < -0.4 is 5.32 Å². The molecule has 4 fully saturated rings. The molecule has 318 valence electrons. The molecule has 2 heterocycles. The number of aliphatic hydroxyl groups is 4. The lowest BCUT2D eigenvalue weighted by atomic mass is 9.44. The number of esters is 3. The molecular formula is C43H51NO15. The summed E-state index contributed by atoms with van der Waals surface area (Å²) in [6.07, 6.45) is -14.8. The highest BCUT2D eigenvalue weighted by Crippen LogP contribution is 2.67. The van der Waals surface area contributed by atoms with E-state index in [0.717, 1.165) is 6.92 Å². The molecule has 2 aliphatic heterocycles. The summed E-state index contributed by atoms with van der Waals surface area (Å²) in [5, 5.41) is 51.2. The van der Waals surface area contributed by atoms with Gasteiger partial charge in [0.05, 0.1) is 36.3 Å².